The van der Waals surface area contributed by atoms with Gasteiger partial charge in [0, 0.05) is 30.9 Å². The van der Waals surface area contributed by atoms with Crippen molar-refractivity contribution >= 4 is 34.3 Å². The smallest absolute Gasteiger partial charge is 0.270 e. The number of hydrogen-bond donors (Lipinski definition) is 2. The van der Waals surface area contributed by atoms with E-state index in [1.54, 1.807) is 26.4 Å². The topological polar surface area (TPSA) is 172 Å². The number of aromatic nitrogens is 7. The van der Waals surface area contributed by atoms with Gasteiger partial charge in [-0.2, -0.15) is 10.2 Å². The molecule has 0 aliphatic carbocycles. The highest BCUT2D eigenvalue weighted by Crippen LogP contribution is 2.35. The van der Waals surface area contributed by atoms with E-state index in [1.165, 1.54) is 12.4 Å². The molecule has 1 aromatic carbocycles. The number of carbonyl (C=O) groups is 2. The van der Waals surface area contributed by atoms with Crippen molar-refractivity contribution in [2.75, 3.05) is 18.8 Å². The van der Waals surface area contributed by atoms with Crippen molar-refractivity contribution in [1.82, 2.24) is 39.2 Å². The van der Waals surface area contributed by atoms with Gasteiger partial charge in [-0.25, -0.2) is 24.1 Å². The average Bonchev–Trinajstić information content (AvgIpc) is 3.60. The van der Waals surface area contributed by atoms with E-state index in [1.807, 2.05) is 32.0 Å². The summed E-state index contributed by atoms with van der Waals surface area (Å²) in [4.78, 5) is 39.9. The van der Waals surface area contributed by atoms with Crippen molar-refractivity contribution in [3.63, 3.8) is 0 Å². The minimum absolute atomic E-state index is 0.00230. The highest BCUT2D eigenvalue weighted by molar-refractivity contribution is 6.07. The lowest BCUT2D eigenvalue weighted by Gasteiger charge is -2.32. The quantitative estimate of drug-likeness (QED) is 0.300. The first kappa shape index (κ1) is 25.9. The van der Waals surface area contributed by atoms with Gasteiger partial charge in [-0.1, -0.05) is 6.58 Å². The van der Waals surface area contributed by atoms with Gasteiger partial charge in [0.05, 0.1) is 11.4 Å². The fourth-order valence-corrected chi connectivity index (χ4v) is 5.23. The zero-order valence-corrected chi connectivity index (χ0v) is 22.6. The van der Waals surface area contributed by atoms with Crippen LogP contribution < -0.4 is 16.2 Å². The molecule has 1 aliphatic heterocycles. The van der Waals surface area contributed by atoms with Crippen LogP contribution in [0, 0.1) is 13.8 Å². The van der Waals surface area contributed by atoms with E-state index in [0.29, 0.717) is 47.1 Å². The maximum atomic E-state index is 12.3. The molecule has 0 saturated carbocycles. The first-order valence-electron chi connectivity index (χ1n) is 13.1. The van der Waals surface area contributed by atoms with Gasteiger partial charge >= 0.3 is 0 Å². The number of nitrogens with two attached hydrogens (primary N) is 2. The lowest BCUT2D eigenvalue weighted by molar-refractivity contribution is -0.127. The highest BCUT2D eigenvalue weighted by atomic mass is 16.5. The normalized spacial score (nSPS) is 15.4. The third-order valence-electron chi connectivity index (χ3n) is 7.50. The fourth-order valence-electron chi connectivity index (χ4n) is 5.23. The Morgan fingerprint density at radius 3 is 2.78 bits per heavy atom. The van der Waals surface area contributed by atoms with Gasteiger partial charge in [-0.05, 0) is 62.1 Å². The van der Waals surface area contributed by atoms with Crippen molar-refractivity contribution in [1.29, 1.82) is 0 Å². The Hall–Kier alpha value is -5.33. The van der Waals surface area contributed by atoms with Crippen LogP contribution in [-0.2, 0) is 4.79 Å². The molecule has 4 aromatic heterocycles. The summed E-state index contributed by atoms with van der Waals surface area (Å²) in [6.45, 7) is 8.51. The van der Waals surface area contributed by atoms with E-state index in [2.05, 4.69) is 26.7 Å². The molecule has 4 N–H and O–H groups in total. The van der Waals surface area contributed by atoms with Crippen molar-refractivity contribution in [2.45, 2.75) is 32.7 Å². The largest absolute Gasteiger partial charge is 0.457 e. The maximum Gasteiger partial charge on any atom is 0.270 e. The second kappa shape index (κ2) is 10.0. The first-order valence-corrected chi connectivity index (χ1v) is 13.1. The first-order chi connectivity index (χ1) is 19.7. The van der Waals surface area contributed by atoms with Gasteiger partial charge in [0.2, 0.25) is 5.91 Å². The number of nitrogens with zero attached hydrogens (tertiary/aromatic N) is 8. The third-order valence-corrected chi connectivity index (χ3v) is 7.50. The van der Waals surface area contributed by atoms with E-state index in [-0.39, 0.29) is 23.5 Å². The van der Waals surface area contributed by atoms with Crippen molar-refractivity contribution < 1.29 is 14.3 Å². The number of anilines is 1. The SMILES string of the molecule is C=CC(=O)N1CCCC(n2nc(C(N)=O)c3c(N)nc(-c4ccc(Oc5ccn6ncnc6c5)c(C)c4C)nc32)C1. The van der Waals surface area contributed by atoms with Crippen LogP contribution >= 0.6 is 0 Å². The Kier molecular flexibility index (Phi) is 6.33. The lowest BCUT2D eigenvalue weighted by Crippen LogP contribution is -2.40. The summed E-state index contributed by atoms with van der Waals surface area (Å²) in [5, 5.41) is 8.92. The Balaban J connectivity index is 1.40. The number of fused-ring (bicyclic) bond motifs is 2. The summed E-state index contributed by atoms with van der Waals surface area (Å²) in [6.07, 6.45) is 6.05. The number of likely N-dealkylation sites (tertiary alicyclic amines) is 1. The number of pyridine rings is 1. The number of carbonyl (C=O) groups excluding carboxylic acids is 2. The van der Waals surface area contributed by atoms with Gasteiger partial charge in [0.25, 0.3) is 5.91 Å². The van der Waals surface area contributed by atoms with Crippen LogP contribution in [0.5, 0.6) is 11.5 Å². The summed E-state index contributed by atoms with van der Waals surface area (Å²) in [5.74, 6) is 0.870. The molecule has 5 aromatic rings. The standard InChI is InChI=1S/C28H28N10O3/c1-4-22(39)36-10-5-6-17(13-36)38-28-23(24(35-38)26(30)40)25(29)33-27(34-28)19-7-8-20(16(3)15(19)2)41-18-9-11-37-21(12-18)31-14-32-37/h4,7-9,11-12,14,17H,1,5-6,10,13H2,2-3H3,(H2,30,40)(H2,29,33,34). The minimum Gasteiger partial charge on any atom is -0.457 e. The monoisotopic (exact) mass is 552 g/mol. The molecular weight excluding hydrogens is 524 g/mol. The van der Waals surface area contributed by atoms with Crippen LogP contribution in [0.4, 0.5) is 5.82 Å². The van der Waals surface area contributed by atoms with Crippen molar-refractivity contribution in [2.24, 2.45) is 5.73 Å². The molecule has 1 fully saturated rings. The number of nitrogen functional groups attached to an aromatic ring is 1. The van der Waals surface area contributed by atoms with Crippen molar-refractivity contribution in [3.05, 3.63) is 66.3 Å². The maximum absolute atomic E-state index is 12.3. The van der Waals surface area contributed by atoms with E-state index in [4.69, 9.17) is 21.2 Å². The Morgan fingerprint density at radius 2 is 2.00 bits per heavy atom. The highest BCUT2D eigenvalue weighted by Gasteiger charge is 2.29. The van der Waals surface area contributed by atoms with Gasteiger partial charge in [0.1, 0.15) is 23.6 Å². The molecular formula is C28H28N10O3. The number of piperidine rings is 1. The van der Waals surface area contributed by atoms with Gasteiger partial charge in [-0.15, -0.1) is 0 Å². The van der Waals surface area contributed by atoms with Crippen LogP contribution in [0.25, 0.3) is 28.1 Å². The predicted octanol–water partition coefficient (Wildman–Crippen LogP) is 2.98. The number of primary amides is 1. The number of rotatable bonds is 6. The summed E-state index contributed by atoms with van der Waals surface area (Å²) in [7, 11) is 0. The van der Waals surface area contributed by atoms with E-state index in [0.717, 1.165) is 29.5 Å². The van der Waals surface area contributed by atoms with Crippen molar-refractivity contribution in [3.8, 4) is 22.9 Å². The van der Waals surface area contributed by atoms with Crippen LogP contribution in [-0.4, -0.2) is 64.2 Å². The van der Waals surface area contributed by atoms with Gasteiger partial charge < -0.3 is 21.1 Å². The number of benzene rings is 1. The molecule has 0 bridgehead atoms. The molecule has 41 heavy (non-hydrogen) atoms. The Bertz CT molecular complexity index is 1860. The van der Waals surface area contributed by atoms with Crippen LogP contribution in [0.1, 0.15) is 40.5 Å². The van der Waals surface area contributed by atoms with Crippen LogP contribution in [0.2, 0.25) is 0 Å². The molecule has 208 valence electrons. The summed E-state index contributed by atoms with van der Waals surface area (Å²) in [5.41, 5.74) is 15.7. The number of hydrogen-bond acceptors (Lipinski definition) is 9. The fraction of sp³-hybridized carbons (Fsp3) is 0.250. The second-order valence-corrected chi connectivity index (χ2v) is 9.96. The number of amides is 2. The third kappa shape index (κ3) is 4.50. The van der Waals surface area contributed by atoms with E-state index < -0.39 is 5.91 Å². The van der Waals surface area contributed by atoms with E-state index in [9.17, 15) is 9.59 Å². The molecule has 0 spiro atoms. The molecule has 0 radical (unpaired) electrons. The molecule has 13 heteroatoms. The molecule has 2 amide bonds. The van der Waals surface area contributed by atoms with Crippen LogP contribution in [0.3, 0.4) is 0 Å². The zero-order valence-electron chi connectivity index (χ0n) is 22.6. The van der Waals surface area contributed by atoms with Crippen LogP contribution in [0.15, 0.2) is 49.4 Å². The number of ether oxygens (including phenoxy) is 1. The van der Waals surface area contributed by atoms with E-state index >= 15 is 0 Å². The molecule has 1 saturated heterocycles. The molecule has 5 heterocycles. The molecule has 1 unspecified atom stereocenters. The molecule has 6 rings (SSSR count). The van der Waals surface area contributed by atoms with Gasteiger partial charge in [0.15, 0.2) is 22.8 Å². The average molecular weight is 553 g/mol. The Labute approximate surface area is 234 Å². The summed E-state index contributed by atoms with van der Waals surface area (Å²) >= 11 is 0. The predicted molar refractivity (Wildman–Crippen MR) is 151 cm³/mol. The zero-order chi connectivity index (χ0) is 28.8. The molecule has 1 atom stereocenters. The van der Waals surface area contributed by atoms with Gasteiger partial charge in [-0.3, -0.25) is 9.59 Å². The second-order valence-electron chi connectivity index (χ2n) is 9.96. The summed E-state index contributed by atoms with van der Waals surface area (Å²) < 4.78 is 9.48. The lowest BCUT2D eigenvalue weighted by atomic mass is 10.0. The molecule has 1 aliphatic rings. The Morgan fingerprint density at radius 1 is 1.17 bits per heavy atom. The summed E-state index contributed by atoms with van der Waals surface area (Å²) in [6, 6.07) is 7.11. The minimum atomic E-state index is -0.732. The molecule has 13 nitrogen and oxygen atoms in total.